The molecule has 0 spiro atoms. The summed E-state index contributed by atoms with van der Waals surface area (Å²) in [7, 11) is 0. The molecule has 0 bridgehead atoms. The van der Waals surface area contributed by atoms with Crippen LogP contribution in [-0.4, -0.2) is 4.57 Å². The lowest BCUT2D eigenvalue weighted by atomic mass is 9.92. The summed E-state index contributed by atoms with van der Waals surface area (Å²) in [6.07, 6.45) is 0. The van der Waals surface area contributed by atoms with E-state index in [1.54, 1.807) is 0 Å². The van der Waals surface area contributed by atoms with Gasteiger partial charge in [-0.1, -0.05) is 212 Å². The van der Waals surface area contributed by atoms with Crippen LogP contribution in [0, 0.1) is 0 Å². The van der Waals surface area contributed by atoms with Crippen LogP contribution in [0.15, 0.2) is 267 Å². The molecule has 0 saturated heterocycles. The maximum absolute atomic E-state index is 2.41. The first kappa shape index (κ1) is 38.9. The van der Waals surface area contributed by atoms with Crippen molar-refractivity contribution in [2.75, 3.05) is 4.90 Å². The minimum atomic E-state index is 1.09. The monoisotopic (exact) mass is 840 g/mol. The largest absolute Gasteiger partial charge is 0.311 e. The maximum Gasteiger partial charge on any atom is 0.0541 e. The van der Waals surface area contributed by atoms with E-state index in [0.29, 0.717) is 0 Å². The van der Waals surface area contributed by atoms with Gasteiger partial charge >= 0.3 is 0 Å². The van der Waals surface area contributed by atoms with Crippen molar-refractivity contribution in [3.63, 3.8) is 0 Å². The highest BCUT2D eigenvalue weighted by Crippen LogP contribution is 2.41. The molecule has 1 aromatic heterocycles. The van der Waals surface area contributed by atoms with Crippen LogP contribution in [0.1, 0.15) is 0 Å². The van der Waals surface area contributed by atoms with Crippen molar-refractivity contribution >= 4 is 49.6 Å². The topological polar surface area (TPSA) is 8.17 Å². The molecular formula is C64H44N2. The molecular weight excluding hydrogens is 797 g/mol. The molecule has 0 fully saturated rings. The molecule has 0 unspecified atom stereocenters. The van der Waals surface area contributed by atoms with Crippen molar-refractivity contribution < 1.29 is 0 Å². The van der Waals surface area contributed by atoms with Gasteiger partial charge in [0.2, 0.25) is 0 Å². The third-order valence-corrected chi connectivity index (χ3v) is 13.1. The van der Waals surface area contributed by atoms with Crippen LogP contribution in [0.4, 0.5) is 17.1 Å². The zero-order chi connectivity index (χ0) is 43.8. The van der Waals surface area contributed by atoms with Gasteiger partial charge in [-0.25, -0.2) is 0 Å². The maximum atomic E-state index is 2.41. The highest BCUT2D eigenvalue weighted by molar-refractivity contribution is 6.10. The SMILES string of the molecule is c1ccc(-c2ccc(N(c3ccc(-c4ccc(-c5ccccc5-n5c6ccccc6c6ccccc65)cc4)cc3)c3ccc(-c4ccc(-c5ccccc5)c5ccccc45)cc3)cc2)cc1. The van der Waals surface area contributed by atoms with Gasteiger partial charge in [-0.3, -0.25) is 0 Å². The van der Waals surface area contributed by atoms with Crippen LogP contribution in [0.5, 0.6) is 0 Å². The Morgan fingerprint density at radius 2 is 0.530 bits per heavy atom. The number of hydrogen-bond acceptors (Lipinski definition) is 1. The zero-order valence-corrected chi connectivity index (χ0v) is 36.3. The number of fused-ring (bicyclic) bond motifs is 4. The fraction of sp³-hybridized carbons (Fsp3) is 0. The van der Waals surface area contributed by atoms with E-state index in [0.717, 1.165) is 17.1 Å². The molecule has 0 N–H and O–H groups in total. The number of anilines is 3. The molecule has 310 valence electrons. The van der Waals surface area contributed by atoms with Crippen LogP contribution >= 0.6 is 0 Å². The van der Waals surface area contributed by atoms with Crippen molar-refractivity contribution in [2.24, 2.45) is 0 Å². The van der Waals surface area contributed by atoms with Gasteiger partial charge in [-0.05, 0) is 115 Å². The van der Waals surface area contributed by atoms with Crippen LogP contribution in [0.25, 0.3) is 93.9 Å². The molecule has 2 heteroatoms. The van der Waals surface area contributed by atoms with E-state index in [9.17, 15) is 0 Å². The van der Waals surface area contributed by atoms with Gasteiger partial charge in [0.1, 0.15) is 0 Å². The third kappa shape index (κ3) is 7.02. The lowest BCUT2D eigenvalue weighted by Gasteiger charge is -2.26. The normalized spacial score (nSPS) is 11.3. The number of hydrogen-bond donors (Lipinski definition) is 0. The van der Waals surface area contributed by atoms with E-state index < -0.39 is 0 Å². The standard InChI is InChI=1S/C64H44N2/c1-3-15-45(16-4-1)47-31-37-52(38-32-47)65(54-41-35-50(36-42-54)56-44-43-55(49-17-5-2-6-18-49)58-20-7-8-21-59(56)58)53-39-33-48(34-40-53)46-27-29-51(30-28-46)57-19-9-12-24-62(57)66-63-25-13-10-22-60(63)61-23-11-14-26-64(61)66/h1-44H. The van der Waals surface area contributed by atoms with Crippen LogP contribution < -0.4 is 4.90 Å². The van der Waals surface area contributed by atoms with E-state index in [1.807, 2.05) is 0 Å². The van der Waals surface area contributed by atoms with Crippen molar-refractivity contribution in [3.8, 4) is 61.3 Å². The molecule has 12 aromatic rings. The molecule has 0 aliphatic carbocycles. The Morgan fingerprint density at radius 1 is 0.212 bits per heavy atom. The summed E-state index contributed by atoms with van der Waals surface area (Å²) in [6.45, 7) is 0. The van der Waals surface area contributed by atoms with Gasteiger partial charge in [-0.15, -0.1) is 0 Å². The minimum Gasteiger partial charge on any atom is -0.311 e. The van der Waals surface area contributed by atoms with E-state index in [2.05, 4.69) is 276 Å². The van der Waals surface area contributed by atoms with Crippen LogP contribution in [0.3, 0.4) is 0 Å². The molecule has 0 saturated carbocycles. The van der Waals surface area contributed by atoms with Crippen molar-refractivity contribution in [1.29, 1.82) is 0 Å². The van der Waals surface area contributed by atoms with Crippen molar-refractivity contribution in [2.45, 2.75) is 0 Å². The summed E-state index contributed by atoms with van der Waals surface area (Å²) < 4.78 is 2.41. The van der Waals surface area contributed by atoms with Crippen LogP contribution in [-0.2, 0) is 0 Å². The van der Waals surface area contributed by atoms with E-state index in [-0.39, 0.29) is 0 Å². The molecule has 2 nitrogen and oxygen atoms in total. The summed E-state index contributed by atoms with van der Waals surface area (Å²) in [5.41, 5.74) is 18.9. The Hall–Kier alpha value is -8.72. The second-order valence-corrected chi connectivity index (χ2v) is 16.9. The Kier molecular flexibility index (Phi) is 9.89. The first-order chi connectivity index (χ1) is 32.7. The fourth-order valence-corrected chi connectivity index (χ4v) is 9.83. The summed E-state index contributed by atoms with van der Waals surface area (Å²) >= 11 is 0. The van der Waals surface area contributed by atoms with E-state index in [1.165, 1.54) is 93.9 Å². The Balaban J connectivity index is 0.880. The summed E-state index contributed by atoms with van der Waals surface area (Å²) in [5.74, 6) is 0. The highest BCUT2D eigenvalue weighted by Gasteiger charge is 2.17. The Bertz CT molecular complexity index is 3590. The quantitative estimate of drug-likeness (QED) is 0.141. The average Bonchev–Trinajstić information content (AvgIpc) is 3.74. The number of aromatic nitrogens is 1. The first-order valence-electron chi connectivity index (χ1n) is 22.7. The Labute approximate surface area is 385 Å². The van der Waals surface area contributed by atoms with Gasteiger partial charge in [0.05, 0.1) is 16.7 Å². The summed E-state index contributed by atoms with van der Waals surface area (Å²) in [6, 6.07) is 96.7. The van der Waals surface area contributed by atoms with Crippen molar-refractivity contribution in [3.05, 3.63) is 267 Å². The van der Waals surface area contributed by atoms with Gasteiger partial charge < -0.3 is 9.47 Å². The molecule has 1 heterocycles. The predicted octanol–water partition coefficient (Wildman–Crippen LogP) is 17.7. The Morgan fingerprint density at radius 3 is 1.03 bits per heavy atom. The third-order valence-electron chi connectivity index (χ3n) is 13.1. The molecule has 66 heavy (non-hydrogen) atoms. The average molecular weight is 841 g/mol. The second-order valence-electron chi connectivity index (χ2n) is 16.9. The zero-order valence-electron chi connectivity index (χ0n) is 36.3. The lowest BCUT2D eigenvalue weighted by Crippen LogP contribution is -2.09. The molecule has 0 amide bonds. The van der Waals surface area contributed by atoms with E-state index in [4.69, 9.17) is 0 Å². The van der Waals surface area contributed by atoms with Gasteiger partial charge in [0.25, 0.3) is 0 Å². The summed E-state index contributed by atoms with van der Waals surface area (Å²) in [5, 5.41) is 5.03. The van der Waals surface area contributed by atoms with Gasteiger partial charge in [0, 0.05) is 33.4 Å². The molecule has 12 rings (SSSR count). The molecule has 0 radical (unpaired) electrons. The lowest BCUT2D eigenvalue weighted by molar-refractivity contribution is 1.18. The van der Waals surface area contributed by atoms with Crippen LogP contribution in [0.2, 0.25) is 0 Å². The highest BCUT2D eigenvalue weighted by atomic mass is 15.1. The summed E-state index contributed by atoms with van der Waals surface area (Å²) in [4.78, 5) is 2.35. The molecule has 0 aliphatic heterocycles. The predicted molar refractivity (Wildman–Crippen MR) is 280 cm³/mol. The van der Waals surface area contributed by atoms with Crippen molar-refractivity contribution in [1.82, 2.24) is 4.57 Å². The second kappa shape index (κ2) is 16.8. The minimum absolute atomic E-state index is 1.09. The number of rotatable bonds is 9. The fourth-order valence-electron chi connectivity index (χ4n) is 9.83. The molecule has 0 atom stereocenters. The number of para-hydroxylation sites is 3. The smallest absolute Gasteiger partial charge is 0.0541 e. The number of nitrogens with zero attached hydrogens (tertiary/aromatic N) is 2. The molecule has 0 aliphatic rings. The van der Waals surface area contributed by atoms with Gasteiger partial charge in [-0.2, -0.15) is 0 Å². The van der Waals surface area contributed by atoms with E-state index >= 15 is 0 Å². The van der Waals surface area contributed by atoms with Gasteiger partial charge in [0.15, 0.2) is 0 Å². The first-order valence-corrected chi connectivity index (χ1v) is 22.7. The molecule has 11 aromatic carbocycles. The number of benzene rings is 11.